The summed E-state index contributed by atoms with van der Waals surface area (Å²) in [6.45, 7) is 0.759. The van der Waals surface area contributed by atoms with E-state index in [2.05, 4.69) is 12.3 Å². The van der Waals surface area contributed by atoms with E-state index in [1.807, 2.05) is 42.1 Å². The van der Waals surface area contributed by atoms with E-state index in [0.717, 1.165) is 41.0 Å². The molecule has 0 saturated heterocycles. The molecule has 0 fully saturated rings. The van der Waals surface area contributed by atoms with Crippen LogP contribution >= 0.6 is 11.8 Å². The minimum atomic E-state index is 0.759. The maximum absolute atomic E-state index is 5.94. The van der Waals surface area contributed by atoms with Crippen LogP contribution in [0.5, 0.6) is 5.75 Å². The molecule has 0 spiro atoms. The molecule has 0 atom stereocenters. The van der Waals surface area contributed by atoms with Crippen molar-refractivity contribution < 1.29 is 4.74 Å². The van der Waals surface area contributed by atoms with Crippen molar-refractivity contribution in [1.82, 2.24) is 0 Å². The predicted octanol–water partition coefficient (Wildman–Crippen LogP) is 3.55. The van der Waals surface area contributed by atoms with Crippen LogP contribution in [0.4, 0.5) is 5.69 Å². The lowest BCUT2D eigenvalue weighted by molar-refractivity contribution is 0.322. The number of hydrogen-bond acceptors (Lipinski definition) is 3. The minimum Gasteiger partial charge on any atom is -0.493 e. The molecule has 17 heavy (non-hydrogen) atoms. The number of fused-ring (bicyclic) bond motifs is 1. The van der Waals surface area contributed by atoms with Gasteiger partial charge < -0.3 is 10.5 Å². The summed E-state index contributed by atoms with van der Waals surface area (Å²) in [6, 6.07) is 11.9. The lowest BCUT2D eigenvalue weighted by Gasteiger charge is -2.10. The molecule has 0 unspecified atom stereocenters. The van der Waals surface area contributed by atoms with Crippen LogP contribution in [0.3, 0.4) is 0 Å². The van der Waals surface area contributed by atoms with Crippen LogP contribution in [-0.4, -0.2) is 18.6 Å². The molecule has 2 nitrogen and oxygen atoms in total. The van der Waals surface area contributed by atoms with E-state index < -0.39 is 0 Å². The van der Waals surface area contributed by atoms with Crippen LogP contribution in [0.1, 0.15) is 6.42 Å². The van der Waals surface area contributed by atoms with E-state index >= 15 is 0 Å². The zero-order chi connectivity index (χ0) is 12.1. The summed E-state index contributed by atoms with van der Waals surface area (Å²) in [5.74, 6) is 2.06. The second kappa shape index (κ2) is 5.82. The molecule has 2 aromatic rings. The zero-order valence-electron chi connectivity index (χ0n) is 9.98. The Balaban J connectivity index is 2.20. The molecule has 0 bridgehead atoms. The van der Waals surface area contributed by atoms with Gasteiger partial charge in [-0.3, -0.25) is 0 Å². The van der Waals surface area contributed by atoms with E-state index in [1.54, 1.807) is 0 Å². The molecule has 2 N–H and O–H groups in total. The molecule has 3 heteroatoms. The first kappa shape index (κ1) is 12.1. The van der Waals surface area contributed by atoms with Crippen molar-refractivity contribution in [3.05, 3.63) is 36.4 Å². The van der Waals surface area contributed by atoms with Crippen molar-refractivity contribution in [2.75, 3.05) is 24.3 Å². The average molecular weight is 247 g/mol. The highest BCUT2D eigenvalue weighted by Crippen LogP contribution is 2.29. The normalized spacial score (nSPS) is 10.6. The SMILES string of the molecule is CSCCCOc1ccc(N)c2ccccc12. The Kier molecular flexibility index (Phi) is 4.15. The summed E-state index contributed by atoms with van der Waals surface area (Å²) < 4.78 is 5.81. The van der Waals surface area contributed by atoms with Crippen molar-refractivity contribution in [3.8, 4) is 5.75 Å². The van der Waals surface area contributed by atoms with Crippen LogP contribution in [-0.2, 0) is 0 Å². The molecule has 90 valence electrons. The number of benzene rings is 2. The van der Waals surface area contributed by atoms with Crippen molar-refractivity contribution in [1.29, 1.82) is 0 Å². The highest BCUT2D eigenvalue weighted by molar-refractivity contribution is 7.98. The van der Waals surface area contributed by atoms with E-state index in [9.17, 15) is 0 Å². The number of nitrogen functional groups attached to an aromatic ring is 1. The maximum atomic E-state index is 5.94. The summed E-state index contributed by atoms with van der Waals surface area (Å²) in [6.07, 6.45) is 3.18. The fourth-order valence-corrected chi connectivity index (χ4v) is 2.21. The van der Waals surface area contributed by atoms with Gasteiger partial charge in [-0.25, -0.2) is 0 Å². The number of ether oxygens (including phenoxy) is 1. The fraction of sp³-hybridized carbons (Fsp3) is 0.286. The molecule has 0 amide bonds. The van der Waals surface area contributed by atoms with Crippen LogP contribution in [0, 0.1) is 0 Å². The van der Waals surface area contributed by atoms with Gasteiger partial charge in [-0.05, 0) is 30.6 Å². The topological polar surface area (TPSA) is 35.2 Å². The monoisotopic (exact) mass is 247 g/mol. The third-order valence-electron chi connectivity index (χ3n) is 2.67. The first-order chi connectivity index (χ1) is 8.33. The van der Waals surface area contributed by atoms with Gasteiger partial charge in [0.15, 0.2) is 0 Å². The first-order valence-electron chi connectivity index (χ1n) is 5.72. The van der Waals surface area contributed by atoms with Gasteiger partial charge in [0, 0.05) is 16.5 Å². The first-order valence-corrected chi connectivity index (χ1v) is 7.11. The number of anilines is 1. The van der Waals surface area contributed by atoms with Gasteiger partial charge in [0.1, 0.15) is 5.75 Å². The van der Waals surface area contributed by atoms with Crippen LogP contribution in [0.25, 0.3) is 10.8 Å². The van der Waals surface area contributed by atoms with Crippen LogP contribution in [0.15, 0.2) is 36.4 Å². The largest absolute Gasteiger partial charge is 0.493 e. The van der Waals surface area contributed by atoms with Crippen molar-refractivity contribution >= 4 is 28.2 Å². The molecule has 0 aliphatic rings. The summed E-state index contributed by atoms with van der Waals surface area (Å²) >= 11 is 1.84. The van der Waals surface area contributed by atoms with Crippen LogP contribution < -0.4 is 10.5 Å². The predicted molar refractivity (Wildman–Crippen MR) is 76.9 cm³/mol. The standard InChI is InChI=1S/C14H17NOS/c1-17-10-4-9-16-14-8-7-13(15)11-5-2-3-6-12(11)14/h2-3,5-8H,4,9-10,15H2,1H3. The van der Waals surface area contributed by atoms with Gasteiger partial charge >= 0.3 is 0 Å². The molecule has 0 radical (unpaired) electrons. The summed E-state index contributed by atoms with van der Waals surface area (Å²) in [5.41, 5.74) is 6.75. The zero-order valence-corrected chi connectivity index (χ0v) is 10.8. The number of thioether (sulfide) groups is 1. The second-order valence-electron chi connectivity index (χ2n) is 3.89. The van der Waals surface area contributed by atoms with Crippen LogP contribution in [0.2, 0.25) is 0 Å². The Morgan fingerprint density at radius 3 is 2.65 bits per heavy atom. The van der Waals surface area contributed by atoms with Gasteiger partial charge in [0.2, 0.25) is 0 Å². The molecule has 2 rings (SSSR count). The maximum Gasteiger partial charge on any atom is 0.127 e. The number of hydrogen-bond donors (Lipinski definition) is 1. The van der Waals surface area contributed by atoms with Gasteiger partial charge in [0.25, 0.3) is 0 Å². The Hall–Kier alpha value is -1.35. The summed E-state index contributed by atoms with van der Waals surface area (Å²) in [7, 11) is 0. The minimum absolute atomic E-state index is 0.759. The van der Waals surface area contributed by atoms with E-state index in [1.165, 1.54) is 0 Å². The lowest BCUT2D eigenvalue weighted by atomic mass is 10.1. The van der Waals surface area contributed by atoms with Gasteiger partial charge in [-0.2, -0.15) is 11.8 Å². The molecular formula is C14H17NOS. The molecule has 2 aromatic carbocycles. The Morgan fingerprint density at radius 1 is 1.12 bits per heavy atom. The Labute approximate surface area is 106 Å². The molecule has 0 saturated carbocycles. The van der Waals surface area contributed by atoms with Gasteiger partial charge in [0.05, 0.1) is 6.61 Å². The quantitative estimate of drug-likeness (QED) is 0.648. The highest BCUT2D eigenvalue weighted by atomic mass is 32.2. The third-order valence-corrected chi connectivity index (χ3v) is 3.37. The number of nitrogens with two attached hydrogens (primary N) is 1. The summed E-state index contributed by atoms with van der Waals surface area (Å²) in [4.78, 5) is 0. The fourth-order valence-electron chi connectivity index (χ4n) is 1.81. The molecule has 0 aliphatic heterocycles. The molecule has 0 aromatic heterocycles. The van der Waals surface area contributed by atoms with Gasteiger partial charge in [-0.1, -0.05) is 24.3 Å². The average Bonchev–Trinajstić information content (AvgIpc) is 2.37. The van der Waals surface area contributed by atoms with E-state index in [0.29, 0.717) is 0 Å². The molecular weight excluding hydrogens is 230 g/mol. The van der Waals surface area contributed by atoms with Gasteiger partial charge in [-0.15, -0.1) is 0 Å². The van der Waals surface area contributed by atoms with Crippen molar-refractivity contribution in [2.45, 2.75) is 6.42 Å². The Morgan fingerprint density at radius 2 is 1.88 bits per heavy atom. The molecule has 0 heterocycles. The Bertz CT molecular complexity index is 499. The smallest absolute Gasteiger partial charge is 0.127 e. The number of rotatable bonds is 5. The summed E-state index contributed by atoms with van der Waals surface area (Å²) in [5, 5.41) is 2.16. The highest BCUT2D eigenvalue weighted by Gasteiger charge is 2.03. The van der Waals surface area contributed by atoms with E-state index in [-0.39, 0.29) is 0 Å². The lowest BCUT2D eigenvalue weighted by Crippen LogP contribution is -1.99. The van der Waals surface area contributed by atoms with Crippen molar-refractivity contribution in [3.63, 3.8) is 0 Å². The third kappa shape index (κ3) is 2.86. The molecule has 0 aliphatic carbocycles. The van der Waals surface area contributed by atoms with E-state index in [4.69, 9.17) is 10.5 Å². The van der Waals surface area contributed by atoms with Crippen molar-refractivity contribution in [2.24, 2.45) is 0 Å². The second-order valence-corrected chi connectivity index (χ2v) is 4.88.